The molecule has 1 aromatic rings. The summed E-state index contributed by atoms with van der Waals surface area (Å²) in [5, 5.41) is 0. The van der Waals surface area contributed by atoms with Gasteiger partial charge in [-0.05, 0) is 17.7 Å². The number of carbonyl (C=O) groups is 2. The van der Waals surface area contributed by atoms with E-state index >= 15 is 0 Å². The first-order valence-electron chi connectivity index (χ1n) is 4.38. The third-order valence-corrected chi connectivity index (χ3v) is 2.32. The van der Waals surface area contributed by atoms with Crippen LogP contribution in [-0.2, 0) is 6.67 Å². The Morgan fingerprint density at radius 3 is 2.53 bits per heavy atom. The minimum atomic E-state index is -0.650. The number of rotatable bonds is 2. The molecule has 0 N–H and O–H groups in total. The van der Waals surface area contributed by atoms with Crippen LogP contribution in [0.25, 0.3) is 0 Å². The van der Waals surface area contributed by atoms with Crippen LogP contribution in [0.3, 0.4) is 0 Å². The SMILES string of the molecule is C=CN1C(=O)c2ccc(CF)cc2C1=O. The molecule has 2 rings (SSSR count). The number of benzene rings is 1. The van der Waals surface area contributed by atoms with Crippen LogP contribution in [0.2, 0.25) is 0 Å². The van der Waals surface area contributed by atoms with Gasteiger partial charge in [0.05, 0.1) is 11.1 Å². The van der Waals surface area contributed by atoms with Crippen LogP contribution in [0.1, 0.15) is 26.3 Å². The summed E-state index contributed by atoms with van der Waals surface area (Å²) in [5.74, 6) is -0.851. The average molecular weight is 205 g/mol. The molecule has 0 fully saturated rings. The molecule has 1 aliphatic rings. The highest BCUT2D eigenvalue weighted by Crippen LogP contribution is 2.24. The quantitative estimate of drug-likeness (QED) is 0.691. The lowest BCUT2D eigenvalue weighted by molar-refractivity contribution is 0.0722. The second-order valence-electron chi connectivity index (χ2n) is 3.18. The van der Waals surface area contributed by atoms with Crippen LogP contribution in [0.15, 0.2) is 31.0 Å². The zero-order valence-corrected chi connectivity index (χ0v) is 7.87. The Balaban J connectivity index is 2.57. The summed E-state index contributed by atoms with van der Waals surface area (Å²) in [6, 6.07) is 4.36. The molecule has 1 aromatic carbocycles. The molecule has 0 spiro atoms. The first kappa shape index (κ1) is 9.58. The first-order chi connectivity index (χ1) is 7.19. The van der Waals surface area contributed by atoms with Crippen LogP contribution < -0.4 is 0 Å². The molecule has 0 atom stereocenters. The summed E-state index contributed by atoms with van der Waals surface area (Å²) in [7, 11) is 0. The van der Waals surface area contributed by atoms with Crippen molar-refractivity contribution >= 4 is 11.8 Å². The fraction of sp³-hybridized carbons (Fsp3) is 0.0909. The van der Waals surface area contributed by atoms with Crippen molar-refractivity contribution in [3.8, 4) is 0 Å². The second-order valence-corrected chi connectivity index (χ2v) is 3.18. The monoisotopic (exact) mass is 205 g/mol. The maximum absolute atomic E-state index is 12.4. The number of fused-ring (bicyclic) bond motifs is 1. The van der Waals surface area contributed by atoms with Gasteiger partial charge in [-0.15, -0.1) is 0 Å². The van der Waals surface area contributed by atoms with Gasteiger partial charge >= 0.3 is 0 Å². The molecule has 0 saturated carbocycles. The van der Waals surface area contributed by atoms with Crippen LogP contribution in [0, 0.1) is 0 Å². The Hall–Kier alpha value is -1.97. The molecule has 1 heterocycles. The molecule has 0 bridgehead atoms. The number of carbonyl (C=O) groups excluding carboxylic acids is 2. The van der Waals surface area contributed by atoms with Gasteiger partial charge in [0, 0.05) is 6.20 Å². The normalized spacial score (nSPS) is 14.3. The highest BCUT2D eigenvalue weighted by molar-refractivity contribution is 6.22. The lowest BCUT2D eigenvalue weighted by Crippen LogP contribution is -2.22. The summed E-state index contributed by atoms with van der Waals surface area (Å²) in [4.78, 5) is 24.1. The van der Waals surface area contributed by atoms with E-state index < -0.39 is 18.5 Å². The molecule has 0 radical (unpaired) electrons. The molecule has 1 aliphatic heterocycles. The topological polar surface area (TPSA) is 37.4 Å². The van der Waals surface area contributed by atoms with Gasteiger partial charge in [0.1, 0.15) is 6.67 Å². The van der Waals surface area contributed by atoms with Crippen molar-refractivity contribution in [2.75, 3.05) is 0 Å². The molecular formula is C11H8FNO2. The number of halogens is 1. The molecular weight excluding hydrogens is 197 g/mol. The third-order valence-electron chi connectivity index (χ3n) is 2.32. The van der Waals surface area contributed by atoms with Gasteiger partial charge in [-0.1, -0.05) is 12.6 Å². The second kappa shape index (κ2) is 3.31. The van der Waals surface area contributed by atoms with Gasteiger partial charge in [-0.25, -0.2) is 9.29 Å². The van der Waals surface area contributed by atoms with E-state index in [4.69, 9.17) is 0 Å². The molecule has 0 unspecified atom stereocenters. The zero-order valence-electron chi connectivity index (χ0n) is 7.87. The van der Waals surface area contributed by atoms with Crippen molar-refractivity contribution in [3.63, 3.8) is 0 Å². The van der Waals surface area contributed by atoms with Crippen molar-refractivity contribution in [2.45, 2.75) is 6.67 Å². The number of hydrogen-bond donors (Lipinski definition) is 0. The molecule has 0 aliphatic carbocycles. The zero-order chi connectivity index (χ0) is 11.0. The van der Waals surface area contributed by atoms with E-state index in [1.807, 2.05) is 0 Å². The average Bonchev–Trinajstić information content (AvgIpc) is 2.51. The summed E-state index contributed by atoms with van der Waals surface area (Å²) < 4.78 is 12.4. The Morgan fingerprint density at radius 2 is 1.93 bits per heavy atom. The van der Waals surface area contributed by atoms with Gasteiger partial charge in [0.25, 0.3) is 11.8 Å². The first-order valence-corrected chi connectivity index (χ1v) is 4.38. The van der Waals surface area contributed by atoms with Crippen LogP contribution in [0.4, 0.5) is 4.39 Å². The van der Waals surface area contributed by atoms with Crippen molar-refractivity contribution in [2.24, 2.45) is 0 Å². The number of alkyl halides is 1. The van der Waals surface area contributed by atoms with Crippen molar-refractivity contribution < 1.29 is 14.0 Å². The fourth-order valence-corrected chi connectivity index (χ4v) is 1.56. The van der Waals surface area contributed by atoms with E-state index in [1.165, 1.54) is 24.4 Å². The van der Waals surface area contributed by atoms with Crippen molar-refractivity contribution in [1.82, 2.24) is 4.90 Å². The molecule has 3 nitrogen and oxygen atoms in total. The Kier molecular flexibility index (Phi) is 2.11. The fourth-order valence-electron chi connectivity index (χ4n) is 1.56. The smallest absolute Gasteiger partial charge is 0.265 e. The summed E-state index contributed by atoms with van der Waals surface area (Å²) >= 11 is 0. The van der Waals surface area contributed by atoms with E-state index in [0.29, 0.717) is 11.1 Å². The van der Waals surface area contributed by atoms with E-state index in [2.05, 4.69) is 6.58 Å². The van der Waals surface area contributed by atoms with Crippen LogP contribution in [-0.4, -0.2) is 16.7 Å². The van der Waals surface area contributed by atoms with Gasteiger partial charge in [-0.3, -0.25) is 9.59 Å². The maximum Gasteiger partial charge on any atom is 0.265 e. The Morgan fingerprint density at radius 1 is 1.27 bits per heavy atom. The highest BCUT2D eigenvalue weighted by atomic mass is 19.1. The lowest BCUT2D eigenvalue weighted by atomic mass is 10.1. The van der Waals surface area contributed by atoms with Gasteiger partial charge in [0.2, 0.25) is 0 Å². The highest BCUT2D eigenvalue weighted by Gasteiger charge is 2.33. The summed E-state index contributed by atoms with van der Waals surface area (Å²) in [6.07, 6.45) is 1.17. The van der Waals surface area contributed by atoms with E-state index in [-0.39, 0.29) is 5.56 Å². The van der Waals surface area contributed by atoms with Crippen LogP contribution >= 0.6 is 0 Å². The van der Waals surface area contributed by atoms with Crippen molar-refractivity contribution in [3.05, 3.63) is 47.7 Å². The number of imide groups is 1. The predicted molar refractivity (Wildman–Crippen MR) is 52.0 cm³/mol. The molecule has 4 heteroatoms. The van der Waals surface area contributed by atoms with Crippen molar-refractivity contribution in [1.29, 1.82) is 0 Å². The number of nitrogens with zero attached hydrogens (tertiary/aromatic N) is 1. The predicted octanol–water partition coefficient (Wildman–Crippen LogP) is 1.90. The minimum Gasteiger partial charge on any atom is -0.268 e. The van der Waals surface area contributed by atoms with Gasteiger partial charge < -0.3 is 0 Å². The maximum atomic E-state index is 12.4. The van der Waals surface area contributed by atoms with Gasteiger partial charge in [0.15, 0.2) is 0 Å². The standard InChI is InChI=1S/C11H8FNO2/c1-2-13-10(14)8-4-3-7(6-12)5-9(8)11(13)15/h2-5H,1,6H2. The minimum absolute atomic E-state index is 0.245. The van der Waals surface area contributed by atoms with Crippen LogP contribution in [0.5, 0.6) is 0 Å². The van der Waals surface area contributed by atoms with Gasteiger partial charge in [-0.2, -0.15) is 0 Å². The van der Waals surface area contributed by atoms with E-state index in [9.17, 15) is 14.0 Å². The summed E-state index contributed by atoms with van der Waals surface area (Å²) in [6.45, 7) is 2.73. The summed E-state index contributed by atoms with van der Waals surface area (Å²) in [5.41, 5.74) is 0.938. The largest absolute Gasteiger partial charge is 0.268 e. The molecule has 15 heavy (non-hydrogen) atoms. The molecule has 0 aromatic heterocycles. The number of amides is 2. The Bertz CT molecular complexity index is 468. The lowest BCUT2D eigenvalue weighted by Gasteiger charge is -2.04. The molecule has 76 valence electrons. The Labute approximate surface area is 85.8 Å². The molecule has 2 amide bonds. The van der Waals surface area contributed by atoms with E-state index in [1.54, 1.807) is 0 Å². The van der Waals surface area contributed by atoms with E-state index in [0.717, 1.165) is 4.90 Å². The third kappa shape index (κ3) is 1.26. The molecule has 0 saturated heterocycles. The number of hydrogen-bond acceptors (Lipinski definition) is 2.